The van der Waals surface area contributed by atoms with Crippen molar-refractivity contribution in [3.63, 3.8) is 0 Å². The van der Waals surface area contributed by atoms with E-state index < -0.39 is 11.9 Å². The third-order valence-electron chi connectivity index (χ3n) is 5.30. The van der Waals surface area contributed by atoms with Crippen LogP contribution in [0.2, 0.25) is 0 Å². The van der Waals surface area contributed by atoms with Crippen LogP contribution in [-0.4, -0.2) is 32.1 Å². The van der Waals surface area contributed by atoms with Crippen LogP contribution in [0.1, 0.15) is 45.1 Å². The minimum absolute atomic E-state index is 0.0144. The summed E-state index contributed by atoms with van der Waals surface area (Å²) < 4.78 is 22.2. The van der Waals surface area contributed by atoms with E-state index in [9.17, 15) is 14.9 Å². The van der Waals surface area contributed by atoms with Crippen molar-refractivity contribution in [2.24, 2.45) is 11.1 Å². The van der Waals surface area contributed by atoms with Gasteiger partial charge in [0.2, 0.25) is 5.88 Å². The number of Topliss-reactive ketones (excluding diaryl/α,β-unsaturated/α-hetero) is 1. The molecule has 1 aliphatic carbocycles. The van der Waals surface area contributed by atoms with E-state index in [1.54, 1.807) is 19.1 Å². The summed E-state index contributed by atoms with van der Waals surface area (Å²) in [5.74, 6) is -0.188. The maximum absolute atomic E-state index is 13.1. The molecule has 1 aliphatic heterocycles. The SMILES string of the molecule is CCOC(=O)COc1c(Br)cc(C2C(C#N)=C(N)OC3=C2C(=O)CC(C)(C)C3)cc1OC. The Morgan fingerprint density at radius 3 is 2.72 bits per heavy atom. The largest absolute Gasteiger partial charge is 0.493 e. The lowest BCUT2D eigenvalue weighted by molar-refractivity contribution is -0.145. The average Bonchev–Trinajstić information content (AvgIpc) is 2.70. The van der Waals surface area contributed by atoms with Gasteiger partial charge in [-0.2, -0.15) is 5.26 Å². The molecule has 2 aliphatic rings. The van der Waals surface area contributed by atoms with Crippen molar-refractivity contribution < 1.29 is 28.5 Å². The van der Waals surface area contributed by atoms with Crippen LogP contribution in [0.15, 0.2) is 39.4 Å². The number of benzene rings is 1. The quantitative estimate of drug-likeness (QED) is 0.579. The van der Waals surface area contributed by atoms with E-state index in [0.717, 1.165) is 0 Å². The molecule has 0 saturated carbocycles. The highest BCUT2D eigenvalue weighted by molar-refractivity contribution is 9.10. The van der Waals surface area contributed by atoms with Crippen LogP contribution < -0.4 is 15.2 Å². The lowest BCUT2D eigenvalue weighted by Gasteiger charge is -2.37. The molecular weight excluding hydrogens is 480 g/mol. The first kappa shape index (κ1) is 23.7. The van der Waals surface area contributed by atoms with Crippen LogP contribution in [0.3, 0.4) is 0 Å². The zero-order valence-electron chi connectivity index (χ0n) is 18.4. The minimum atomic E-state index is -0.698. The Labute approximate surface area is 195 Å². The van der Waals surface area contributed by atoms with Gasteiger partial charge in [0.1, 0.15) is 17.4 Å². The lowest BCUT2D eigenvalue weighted by atomic mass is 9.70. The van der Waals surface area contributed by atoms with Crippen LogP contribution in [0.4, 0.5) is 0 Å². The highest BCUT2D eigenvalue weighted by atomic mass is 79.9. The van der Waals surface area contributed by atoms with E-state index in [1.165, 1.54) is 7.11 Å². The van der Waals surface area contributed by atoms with Gasteiger partial charge in [0.15, 0.2) is 23.9 Å². The van der Waals surface area contributed by atoms with Crippen LogP contribution in [0, 0.1) is 16.7 Å². The summed E-state index contributed by atoms with van der Waals surface area (Å²) >= 11 is 3.45. The normalized spacial score (nSPS) is 19.6. The topological polar surface area (TPSA) is 121 Å². The predicted octanol–water partition coefficient (Wildman–Crippen LogP) is 3.85. The molecule has 8 nitrogen and oxygen atoms in total. The molecule has 2 N–H and O–H groups in total. The van der Waals surface area contributed by atoms with Gasteiger partial charge in [0, 0.05) is 18.4 Å². The Hall–Kier alpha value is -2.99. The third-order valence-corrected chi connectivity index (χ3v) is 5.89. The zero-order valence-corrected chi connectivity index (χ0v) is 20.0. The van der Waals surface area contributed by atoms with E-state index in [-0.39, 0.29) is 35.9 Å². The summed E-state index contributed by atoms with van der Waals surface area (Å²) in [6.45, 7) is 5.64. The number of hydrogen-bond acceptors (Lipinski definition) is 8. The first-order valence-electron chi connectivity index (χ1n) is 10.1. The average molecular weight is 505 g/mol. The first-order valence-corrected chi connectivity index (χ1v) is 10.9. The number of rotatable bonds is 6. The van der Waals surface area contributed by atoms with Crippen molar-refractivity contribution in [3.8, 4) is 17.6 Å². The highest BCUT2D eigenvalue weighted by Crippen LogP contribution is 2.49. The molecule has 1 unspecified atom stereocenters. The Balaban J connectivity index is 2.08. The highest BCUT2D eigenvalue weighted by Gasteiger charge is 2.43. The van der Waals surface area contributed by atoms with E-state index in [0.29, 0.717) is 45.7 Å². The molecule has 0 radical (unpaired) electrons. The van der Waals surface area contributed by atoms with Gasteiger partial charge in [-0.3, -0.25) is 4.79 Å². The maximum atomic E-state index is 13.1. The Morgan fingerprint density at radius 2 is 2.09 bits per heavy atom. The van der Waals surface area contributed by atoms with Crippen molar-refractivity contribution in [1.29, 1.82) is 5.26 Å². The fourth-order valence-corrected chi connectivity index (χ4v) is 4.57. The molecule has 32 heavy (non-hydrogen) atoms. The van der Waals surface area contributed by atoms with Crippen LogP contribution in [-0.2, 0) is 19.1 Å². The van der Waals surface area contributed by atoms with Crippen LogP contribution in [0.5, 0.6) is 11.5 Å². The van der Waals surface area contributed by atoms with Gasteiger partial charge >= 0.3 is 5.97 Å². The van der Waals surface area contributed by atoms with Gasteiger partial charge in [-0.15, -0.1) is 0 Å². The van der Waals surface area contributed by atoms with Gasteiger partial charge < -0.3 is 24.7 Å². The Bertz CT molecular complexity index is 1070. The van der Waals surface area contributed by atoms with Crippen molar-refractivity contribution in [1.82, 2.24) is 0 Å². The smallest absolute Gasteiger partial charge is 0.344 e. The lowest BCUT2D eigenvalue weighted by Crippen LogP contribution is -2.33. The van der Waals surface area contributed by atoms with Crippen molar-refractivity contribution in [2.75, 3.05) is 20.3 Å². The Kier molecular flexibility index (Phi) is 6.84. The van der Waals surface area contributed by atoms with Crippen molar-refractivity contribution in [2.45, 2.75) is 39.5 Å². The number of hydrogen-bond donors (Lipinski definition) is 1. The second-order valence-corrected chi connectivity index (χ2v) is 9.18. The van der Waals surface area contributed by atoms with Gasteiger partial charge in [-0.05, 0) is 46.0 Å². The maximum Gasteiger partial charge on any atom is 0.344 e. The number of esters is 1. The molecule has 1 aromatic carbocycles. The molecule has 0 fully saturated rings. The standard InChI is InChI=1S/C23H25BrN2O6/c1-5-30-18(28)11-31-21-14(24)6-12(7-16(21)29-4)19-13(10-25)22(26)32-17-9-23(2,3)8-15(27)20(17)19/h6-7,19H,5,8-9,11,26H2,1-4H3. The number of carbonyl (C=O) groups is 2. The Morgan fingerprint density at radius 1 is 1.38 bits per heavy atom. The summed E-state index contributed by atoms with van der Waals surface area (Å²) in [5.41, 5.74) is 7.01. The van der Waals surface area contributed by atoms with Gasteiger partial charge in [0.25, 0.3) is 0 Å². The summed E-state index contributed by atoms with van der Waals surface area (Å²) in [4.78, 5) is 24.8. The number of allylic oxidation sites excluding steroid dienone is 3. The molecule has 0 amide bonds. The molecule has 1 heterocycles. The molecule has 3 rings (SSSR count). The summed E-state index contributed by atoms with van der Waals surface area (Å²) in [7, 11) is 1.46. The molecule has 1 aromatic rings. The number of nitrogens with two attached hydrogens (primary N) is 1. The van der Waals surface area contributed by atoms with Crippen LogP contribution in [0.25, 0.3) is 0 Å². The molecular formula is C23H25BrN2O6. The molecule has 0 bridgehead atoms. The van der Waals surface area contributed by atoms with Crippen molar-refractivity contribution in [3.05, 3.63) is 45.0 Å². The first-order chi connectivity index (χ1) is 15.1. The third kappa shape index (κ3) is 4.60. The molecule has 0 spiro atoms. The number of nitriles is 1. The molecule has 1 atom stereocenters. The fraction of sp³-hybridized carbons (Fsp3) is 0.435. The molecule has 170 valence electrons. The van der Waals surface area contributed by atoms with Gasteiger partial charge in [-0.1, -0.05) is 13.8 Å². The predicted molar refractivity (Wildman–Crippen MR) is 119 cm³/mol. The van der Waals surface area contributed by atoms with E-state index in [1.807, 2.05) is 13.8 Å². The van der Waals surface area contributed by atoms with Crippen LogP contribution >= 0.6 is 15.9 Å². The summed E-state index contributed by atoms with van der Waals surface area (Å²) in [6.07, 6.45) is 0.867. The second-order valence-electron chi connectivity index (χ2n) is 8.33. The van der Waals surface area contributed by atoms with E-state index in [2.05, 4.69) is 22.0 Å². The van der Waals surface area contributed by atoms with Crippen molar-refractivity contribution >= 4 is 27.7 Å². The van der Waals surface area contributed by atoms with E-state index in [4.69, 9.17) is 24.7 Å². The number of nitrogens with zero attached hydrogens (tertiary/aromatic N) is 1. The monoisotopic (exact) mass is 504 g/mol. The number of ether oxygens (including phenoxy) is 4. The summed E-state index contributed by atoms with van der Waals surface area (Å²) in [6, 6.07) is 5.49. The summed E-state index contributed by atoms with van der Waals surface area (Å²) in [5, 5.41) is 9.80. The number of carbonyl (C=O) groups excluding carboxylic acids is 2. The number of methoxy groups -OCH3 is 1. The number of ketones is 1. The van der Waals surface area contributed by atoms with Gasteiger partial charge in [-0.25, -0.2) is 4.79 Å². The molecule has 9 heteroatoms. The second kappa shape index (κ2) is 9.25. The fourth-order valence-electron chi connectivity index (χ4n) is 4.00. The zero-order chi connectivity index (χ0) is 23.6. The molecule has 0 aromatic heterocycles. The van der Waals surface area contributed by atoms with Gasteiger partial charge in [0.05, 0.1) is 24.1 Å². The number of halogens is 1. The minimum Gasteiger partial charge on any atom is -0.493 e. The molecule has 0 saturated heterocycles. The van der Waals surface area contributed by atoms with E-state index >= 15 is 0 Å².